The van der Waals surface area contributed by atoms with Gasteiger partial charge in [0.2, 0.25) is 10.0 Å². The molecule has 0 saturated carbocycles. The summed E-state index contributed by atoms with van der Waals surface area (Å²) in [5.41, 5.74) is 6.42. The van der Waals surface area contributed by atoms with Crippen molar-refractivity contribution in [3.05, 3.63) is 52.0 Å². The smallest absolute Gasteiger partial charge is 0.240 e. The average Bonchev–Trinajstić information content (AvgIpc) is 2.90. The Bertz CT molecular complexity index is 654. The van der Waals surface area contributed by atoms with Crippen LogP contribution in [-0.4, -0.2) is 8.42 Å². The quantitative estimate of drug-likeness (QED) is 0.885. The first kappa shape index (κ1) is 14.1. The van der Waals surface area contributed by atoms with Gasteiger partial charge in [-0.2, -0.15) is 11.3 Å². The number of halogens is 1. The Morgan fingerprint density at radius 1 is 1.32 bits per heavy atom. The number of rotatable bonds is 5. The summed E-state index contributed by atoms with van der Waals surface area (Å²) in [6, 6.07) is 5.43. The molecule has 0 fully saturated rings. The van der Waals surface area contributed by atoms with Crippen molar-refractivity contribution in [2.75, 3.05) is 0 Å². The van der Waals surface area contributed by atoms with Crippen molar-refractivity contribution >= 4 is 21.4 Å². The molecule has 0 unspecified atom stereocenters. The summed E-state index contributed by atoms with van der Waals surface area (Å²) in [5.74, 6) is -0.501. The minimum Gasteiger partial charge on any atom is -0.326 e. The SMILES string of the molecule is NCc1cc(S(=O)(=O)NCc2ccsc2)ccc1F. The molecule has 4 nitrogen and oxygen atoms in total. The lowest BCUT2D eigenvalue weighted by molar-refractivity contribution is 0.579. The third-order valence-corrected chi connectivity index (χ3v) is 4.72. The van der Waals surface area contributed by atoms with Crippen molar-refractivity contribution in [2.24, 2.45) is 5.73 Å². The fraction of sp³-hybridized carbons (Fsp3) is 0.167. The Balaban J connectivity index is 2.19. The van der Waals surface area contributed by atoms with Gasteiger partial charge < -0.3 is 5.73 Å². The van der Waals surface area contributed by atoms with E-state index in [1.54, 1.807) is 0 Å². The Kier molecular flexibility index (Phi) is 4.31. The molecule has 0 saturated heterocycles. The minimum atomic E-state index is -3.65. The van der Waals surface area contributed by atoms with E-state index in [1.165, 1.54) is 23.5 Å². The second-order valence-corrected chi connectivity index (χ2v) is 6.46. The van der Waals surface area contributed by atoms with Crippen molar-refractivity contribution in [1.82, 2.24) is 4.72 Å². The molecular weight excluding hydrogens is 287 g/mol. The first-order chi connectivity index (χ1) is 9.03. The number of hydrogen-bond donors (Lipinski definition) is 2. The molecule has 0 radical (unpaired) electrons. The van der Waals surface area contributed by atoms with Gasteiger partial charge in [-0.05, 0) is 40.6 Å². The number of nitrogens with one attached hydrogen (secondary N) is 1. The molecule has 0 aliphatic rings. The van der Waals surface area contributed by atoms with Gasteiger partial charge in [0.05, 0.1) is 4.90 Å². The van der Waals surface area contributed by atoms with Crippen molar-refractivity contribution in [3.63, 3.8) is 0 Å². The molecule has 2 aromatic rings. The maximum Gasteiger partial charge on any atom is 0.240 e. The minimum absolute atomic E-state index is 0.0181. The van der Waals surface area contributed by atoms with Gasteiger partial charge in [-0.1, -0.05) is 0 Å². The van der Waals surface area contributed by atoms with Gasteiger partial charge in [0, 0.05) is 18.7 Å². The van der Waals surface area contributed by atoms with E-state index in [1.807, 2.05) is 16.8 Å². The Labute approximate surface area is 115 Å². The van der Waals surface area contributed by atoms with Crippen molar-refractivity contribution < 1.29 is 12.8 Å². The number of thiophene rings is 1. The Morgan fingerprint density at radius 3 is 2.74 bits per heavy atom. The van der Waals surface area contributed by atoms with Crippen LogP contribution in [0.4, 0.5) is 4.39 Å². The van der Waals surface area contributed by atoms with Gasteiger partial charge in [0.25, 0.3) is 0 Å². The molecule has 7 heteroatoms. The van der Waals surface area contributed by atoms with Gasteiger partial charge >= 0.3 is 0 Å². The van der Waals surface area contributed by atoms with Crippen LogP contribution < -0.4 is 10.5 Å². The fourth-order valence-corrected chi connectivity index (χ4v) is 3.27. The van der Waals surface area contributed by atoms with E-state index in [2.05, 4.69) is 4.72 Å². The molecule has 3 N–H and O–H groups in total. The van der Waals surface area contributed by atoms with Gasteiger partial charge in [-0.3, -0.25) is 0 Å². The van der Waals surface area contributed by atoms with E-state index in [0.29, 0.717) is 0 Å². The van der Waals surface area contributed by atoms with Gasteiger partial charge in [0.1, 0.15) is 5.82 Å². The maximum absolute atomic E-state index is 13.3. The Hall–Kier alpha value is -1.28. The summed E-state index contributed by atoms with van der Waals surface area (Å²) in [4.78, 5) is 0.0181. The number of hydrogen-bond acceptors (Lipinski definition) is 4. The summed E-state index contributed by atoms with van der Waals surface area (Å²) < 4.78 is 39.8. The second kappa shape index (κ2) is 5.79. The molecule has 0 atom stereocenters. The molecule has 0 aliphatic carbocycles. The van der Waals surface area contributed by atoms with Crippen LogP contribution in [0.5, 0.6) is 0 Å². The highest BCUT2D eigenvalue weighted by atomic mass is 32.2. The number of benzene rings is 1. The van der Waals surface area contributed by atoms with E-state index in [0.717, 1.165) is 11.6 Å². The van der Waals surface area contributed by atoms with Crippen LogP contribution >= 0.6 is 11.3 Å². The predicted octanol–water partition coefficient (Wildman–Crippen LogP) is 1.82. The third kappa shape index (κ3) is 3.38. The molecule has 0 spiro atoms. The highest BCUT2D eigenvalue weighted by molar-refractivity contribution is 7.89. The van der Waals surface area contributed by atoms with E-state index in [4.69, 9.17) is 5.73 Å². The van der Waals surface area contributed by atoms with Crippen LogP contribution in [0.1, 0.15) is 11.1 Å². The molecule has 19 heavy (non-hydrogen) atoms. The highest BCUT2D eigenvalue weighted by Gasteiger charge is 2.15. The number of nitrogens with two attached hydrogens (primary N) is 1. The second-order valence-electron chi connectivity index (χ2n) is 3.91. The number of sulfonamides is 1. The van der Waals surface area contributed by atoms with E-state index in [9.17, 15) is 12.8 Å². The zero-order valence-corrected chi connectivity index (χ0v) is 11.6. The lowest BCUT2D eigenvalue weighted by Crippen LogP contribution is -2.23. The first-order valence-corrected chi connectivity index (χ1v) is 7.95. The van der Waals surface area contributed by atoms with E-state index >= 15 is 0 Å². The summed E-state index contributed by atoms with van der Waals surface area (Å²) in [6.45, 7) is 0.168. The zero-order valence-electron chi connectivity index (χ0n) is 9.97. The van der Waals surface area contributed by atoms with Gasteiger partial charge in [-0.15, -0.1) is 0 Å². The molecule has 2 rings (SSSR count). The lowest BCUT2D eigenvalue weighted by atomic mass is 10.2. The molecular formula is C12H13FN2O2S2. The molecule has 102 valence electrons. The first-order valence-electron chi connectivity index (χ1n) is 5.52. The van der Waals surface area contributed by atoms with Crippen molar-refractivity contribution in [1.29, 1.82) is 0 Å². The van der Waals surface area contributed by atoms with Crippen molar-refractivity contribution in [3.8, 4) is 0 Å². The largest absolute Gasteiger partial charge is 0.326 e. The molecule has 1 aromatic carbocycles. The molecule has 0 amide bonds. The normalized spacial score (nSPS) is 11.7. The van der Waals surface area contributed by atoms with Gasteiger partial charge in [0.15, 0.2) is 0 Å². The van der Waals surface area contributed by atoms with Crippen LogP contribution in [0.15, 0.2) is 39.9 Å². The summed E-state index contributed by atoms with van der Waals surface area (Å²) in [7, 11) is -3.65. The van der Waals surface area contributed by atoms with Crippen LogP contribution in [0.25, 0.3) is 0 Å². The standard InChI is InChI=1S/C12H13FN2O2S2/c13-12-2-1-11(5-10(12)6-14)19(16,17)15-7-9-3-4-18-8-9/h1-5,8,15H,6-7,14H2. The van der Waals surface area contributed by atoms with Crippen molar-refractivity contribution in [2.45, 2.75) is 18.0 Å². The maximum atomic E-state index is 13.3. The van der Waals surface area contributed by atoms with Crippen LogP contribution in [0, 0.1) is 5.82 Å². The monoisotopic (exact) mass is 300 g/mol. The van der Waals surface area contributed by atoms with E-state index < -0.39 is 15.8 Å². The highest BCUT2D eigenvalue weighted by Crippen LogP contribution is 2.15. The topological polar surface area (TPSA) is 72.2 Å². The lowest BCUT2D eigenvalue weighted by Gasteiger charge is -2.08. The molecule has 0 bridgehead atoms. The summed E-state index contributed by atoms with van der Waals surface area (Å²) >= 11 is 1.49. The summed E-state index contributed by atoms with van der Waals surface area (Å²) in [6.07, 6.45) is 0. The zero-order chi connectivity index (χ0) is 13.9. The third-order valence-electron chi connectivity index (χ3n) is 2.59. The van der Waals surface area contributed by atoms with Crippen LogP contribution in [0.3, 0.4) is 0 Å². The van der Waals surface area contributed by atoms with E-state index in [-0.39, 0.29) is 23.5 Å². The van der Waals surface area contributed by atoms with Crippen LogP contribution in [-0.2, 0) is 23.1 Å². The van der Waals surface area contributed by atoms with Gasteiger partial charge in [-0.25, -0.2) is 17.5 Å². The Morgan fingerprint density at radius 2 is 2.11 bits per heavy atom. The average molecular weight is 300 g/mol. The summed E-state index contributed by atoms with van der Waals surface area (Å²) in [5, 5.41) is 3.73. The molecule has 1 aromatic heterocycles. The predicted molar refractivity (Wildman–Crippen MR) is 72.6 cm³/mol. The van der Waals surface area contributed by atoms with Crippen LogP contribution in [0.2, 0.25) is 0 Å². The molecule has 0 aliphatic heterocycles. The molecule has 1 heterocycles. The fourth-order valence-electron chi connectivity index (χ4n) is 1.53.